The predicted molar refractivity (Wildman–Crippen MR) is 62.0 cm³/mol. The molecule has 16 heavy (non-hydrogen) atoms. The molecule has 0 bridgehead atoms. The highest BCUT2D eigenvalue weighted by molar-refractivity contribution is 5.35. The van der Waals surface area contributed by atoms with Gasteiger partial charge in [0, 0.05) is 5.56 Å². The van der Waals surface area contributed by atoms with Crippen LogP contribution < -0.4 is 4.74 Å². The van der Waals surface area contributed by atoms with Gasteiger partial charge in [0.05, 0.1) is 6.10 Å². The fourth-order valence-corrected chi connectivity index (χ4v) is 1.26. The molecule has 0 aromatic heterocycles. The second kappa shape index (κ2) is 5.66. The molecule has 1 atom stereocenters. The average molecular weight is 224 g/mol. The first-order chi connectivity index (χ1) is 7.54. The molecule has 1 unspecified atom stereocenters. The molecule has 1 aromatic rings. The minimum absolute atomic E-state index is 0.377. The smallest absolute Gasteiger partial charge is 0.125 e. The van der Waals surface area contributed by atoms with Gasteiger partial charge in [-0.2, -0.15) is 0 Å². The van der Waals surface area contributed by atoms with Crippen LogP contribution >= 0.6 is 0 Å². The molecule has 0 saturated carbocycles. The van der Waals surface area contributed by atoms with E-state index in [0.717, 1.165) is 12.0 Å². The van der Waals surface area contributed by atoms with E-state index in [1.54, 1.807) is 6.92 Å². The standard InChI is InChI=1S/C13H17FO2/c1-4-9(2)8-16-13-6-5-11(14)7-12(13)10(3)15/h5-7,10,15H,2,4,8H2,1,3H3. The van der Waals surface area contributed by atoms with Crippen molar-refractivity contribution in [3.05, 3.63) is 41.7 Å². The largest absolute Gasteiger partial charge is 0.489 e. The summed E-state index contributed by atoms with van der Waals surface area (Å²) in [6.45, 7) is 7.78. The van der Waals surface area contributed by atoms with E-state index in [0.29, 0.717) is 17.9 Å². The minimum Gasteiger partial charge on any atom is -0.489 e. The van der Waals surface area contributed by atoms with Crippen LogP contribution in [0.15, 0.2) is 30.4 Å². The number of hydrogen-bond donors (Lipinski definition) is 1. The lowest BCUT2D eigenvalue weighted by molar-refractivity contribution is 0.192. The molecule has 0 radical (unpaired) electrons. The summed E-state index contributed by atoms with van der Waals surface area (Å²) in [7, 11) is 0. The molecule has 0 fully saturated rings. The van der Waals surface area contributed by atoms with E-state index in [1.165, 1.54) is 18.2 Å². The Bertz CT molecular complexity index is 372. The molecule has 2 nitrogen and oxygen atoms in total. The first-order valence-corrected chi connectivity index (χ1v) is 5.31. The molecule has 0 aliphatic carbocycles. The number of aliphatic hydroxyl groups excluding tert-OH is 1. The summed E-state index contributed by atoms with van der Waals surface area (Å²) in [4.78, 5) is 0. The third kappa shape index (κ3) is 3.35. The Morgan fingerprint density at radius 2 is 2.25 bits per heavy atom. The van der Waals surface area contributed by atoms with E-state index in [4.69, 9.17) is 4.74 Å². The molecule has 0 spiro atoms. The van der Waals surface area contributed by atoms with Crippen molar-refractivity contribution >= 4 is 0 Å². The molecule has 88 valence electrons. The monoisotopic (exact) mass is 224 g/mol. The SMILES string of the molecule is C=C(CC)COc1ccc(F)cc1C(C)O. The lowest BCUT2D eigenvalue weighted by Crippen LogP contribution is -2.04. The molecule has 0 heterocycles. The summed E-state index contributed by atoms with van der Waals surface area (Å²) in [5.74, 6) is 0.128. The van der Waals surface area contributed by atoms with Crippen molar-refractivity contribution < 1.29 is 14.2 Å². The van der Waals surface area contributed by atoms with Crippen molar-refractivity contribution in [2.45, 2.75) is 26.4 Å². The highest BCUT2D eigenvalue weighted by Gasteiger charge is 2.10. The van der Waals surface area contributed by atoms with Gasteiger partial charge in [-0.25, -0.2) is 4.39 Å². The fraction of sp³-hybridized carbons (Fsp3) is 0.385. The van der Waals surface area contributed by atoms with E-state index < -0.39 is 6.10 Å². The van der Waals surface area contributed by atoms with Crippen LogP contribution in [0, 0.1) is 5.82 Å². The molecule has 1 N–H and O–H groups in total. The van der Waals surface area contributed by atoms with E-state index in [2.05, 4.69) is 6.58 Å². The van der Waals surface area contributed by atoms with Gasteiger partial charge in [0.15, 0.2) is 0 Å². The fourth-order valence-electron chi connectivity index (χ4n) is 1.26. The van der Waals surface area contributed by atoms with Gasteiger partial charge in [0.2, 0.25) is 0 Å². The Labute approximate surface area is 95.4 Å². The van der Waals surface area contributed by atoms with Crippen LogP contribution in [0.5, 0.6) is 5.75 Å². The average Bonchev–Trinajstić information content (AvgIpc) is 2.26. The molecule has 0 aliphatic rings. The normalized spacial score (nSPS) is 12.2. The van der Waals surface area contributed by atoms with Gasteiger partial charge >= 0.3 is 0 Å². The number of aliphatic hydroxyl groups is 1. The quantitative estimate of drug-likeness (QED) is 0.778. The van der Waals surface area contributed by atoms with Crippen molar-refractivity contribution in [1.82, 2.24) is 0 Å². The maximum Gasteiger partial charge on any atom is 0.125 e. The van der Waals surface area contributed by atoms with Crippen molar-refractivity contribution in [2.24, 2.45) is 0 Å². The number of halogens is 1. The van der Waals surface area contributed by atoms with Crippen LogP contribution in [-0.2, 0) is 0 Å². The number of ether oxygens (including phenoxy) is 1. The predicted octanol–water partition coefficient (Wildman–Crippen LogP) is 3.22. The third-order valence-corrected chi connectivity index (χ3v) is 2.35. The molecule has 1 aromatic carbocycles. The summed E-state index contributed by atoms with van der Waals surface area (Å²) in [6.07, 6.45) is 0.0890. The van der Waals surface area contributed by atoms with Crippen LogP contribution in [-0.4, -0.2) is 11.7 Å². The highest BCUT2D eigenvalue weighted by atomic mass is 19.1. The number of benzene rings is 1. The maximum absolute atomic E-state index is 13.0. The van der Waals surface area contributed by atoms with Gasteiger partial charge in [-0.15, -0.1) is 0 Å². The summed E-state index contributed by atoms with van der Waals surface area (Å²) < 4.78 is 18.5. The molecular formula is C13H17FO2. The van der Waals surface area contributed by atoms with E-state index >= 15 is 0 Å². The summed E-state index contributed by atoms with van der Waals surface area (Å²) >= 11 is 0. The molecule has 0 aliphatic heterocycles. The summed E-state index contributed by atoms with van der Waals surface area (Å²) in [6, 6.07) is 4.13. The van der Waals surface area contributed by atoms with E-state index in [1.807, 2.05) is 6.92 Å². The molecule has 3 heteroatoms. The lowest BCUT2D eigenvalue weighted by Gasteiger charge is -2.14. The zero-order chi connectivity index (χ0) is 12.1. The zero-order valence-corrected chi connectivity index (χ0v) is 9.66. The molecular weight excluding hydrogens is 207 g/mol. The van der Waals surface area contributed by atoms with Crippen molar-refractivity contribution in [3.63, 3.8) is 0 Å². The van der Waals surface area contributed by atoms with Crippen molar-refractivity contribution in [2.75, 3.05) is 6.61 Å². The molecule has 0 amide bonds. The number of rotatable bonds is 5. The number of hydrogen-bond acceptors (Lipinski definition) is 2. The van der Waals surface area contributed by atoms with Gasteiger partial charge in [-0.3, -0.25) is 0 Å². The van der Waals surface area contributed by atoms with Crippen molar-refractivity contribution in [3.8, 4) is 5.75 Å². The van der Waals surface area contributed by atoms with Crippen LogP contribution in [0.2, 0.25) is 0 Å². The maximum atomic E-state index is 13.0. The third-order valence-electron chi connectivity index (χ3n) is 2.35. The Balaban J connectivity index is 2.82. The second-order valence-corrected chi connectivity index (χ2v) is 3.75. The van der Waals surface area contributed by atoms with Gasteiger partial charge in [0.25, 0.3) is 0 Å². The van der Waals surface area contributed by atoms with Crippen LogP contribution in [0.3, 0.4) is 0 Å². The Morgan fingerprint density at radius 1 is 1.56 bits per heavy atom. The van der Waals surface area contributed by atoms with Gasteiger partial charge in [0.1, 0.15) is 18.2 Å². The Hall–Kier alpha value is -1.35. The van der Waals surface area contributed by atoms with Gasteiger partial charge < -0.3 is 9.84 Å². The van der Waals surface area contributed by atoms with Crippen LogP contribution in [0.4, 0.5) is 4.39 Å². The van der Waals surface area contributed by atoms with Gasteiger partial charge in [-0.05, 0) is 37.1 Å². The Kier molecular flexibility index (Phi) is 4.50. The molecule has 0 saturated heterocycles. The lowest BCUT2D eigenvalue weighted by atomic mass is 10.1. The second-order valence-electron chi connectivity index (χ2n) is 3.75. The first-order valence-electron chi connectivity index (χ1n) is 5.31. The Morgan fingerprint density at radius 3 is 2.81 bits per heavy atom. The minimum atomic E-state index is -0.749. The van der Waals surface area contributed by atoms with Crippen molar-refractivity contribution in [1.29, 1.82) is 0 Å². The van der Waals surface area contributed by atoms with Gasteiger partial charge in [-0.1, -0.05) is 13.5 Å². The topological polar surface area (TPSA) is 29.5 Å². The summed E-state index contributed by atoms with van der Waals surface area (Å²) in [5, 5.41) is 9.48. The van der Waals surface area contributed by atoms with E-state index in [9.17, 15) is 9.50 Å². The highest BCUT2D eigenvalue weighted by Crippen LogP contribution is 2.26. The van der Waals surface area contributed by atoms with E-state index in [-0.39, 0.29) is 5.82 Å². The first kappa shape index (κ1) is 12.7. The zero-order valence-electron chi connectivity index (χ0n) is 9.66. The van der Waals surface area contributed by atoms with Crippen LogP contribution in [0.1, 0.15) is 31.9 Å². The molecule has 1 rings (SSSR count). The summed E-state index contributed by atoms with van der Waals surface area (Å²) in [5.41, 5.74) is 1.42. The van der Waals surface area contributed by atoms with Crippen LogP contribution in [0.25, 0.3) is 0 Å².